The summed E-state index contributed by atoms with van der Waals surface area (Å²) >= 11 is 23.0. The number of hydrogen-bond acceptors (Lipinski definition) is 4. The van der Waals surface area contributed by atoms with Crippen molar-refractivity contribution in [3.63, 3.8) is 0 Å². The zero-order chi connectivity index (χ0) is 97.4. The summed E-state index contributed by atoms with van der Waals surface area (Å²) in [4.78, 5) is 9.49. The summed E-state index contributed by atoms with van der Waals surface area (Å²) in [5, 5.41) is 1.75. The Morgan fingerprint density at radius 2 is 0.416 bits per heavy atom. The Labute approximate surface area is 884 Å². The molecule has 12 aliphatic carbocycles. The number of nitrogens with zero attached hydrogens (tertiary/aromatic N) is 4. The molecule has 4 nitrogen and oxygen atoms in total. The number of anilines is 12. The maximum Gasteiger partial charge on any atom is 0.252 e. The second-order valence-electron chi connectivity index (χ2n) is 41.0. The number of hydrogen-bond donors (Lipinski definition) is 0. The van der Waals surface area contributed by atoms with Gasteiger partial charge in [-0.05, 0) is 304 Å². The fourth-order valence-electron chi connectivity index (χ4n) is 28.4. The summed E-state index contributed by atoms with van der Waals surface area (Å²) in [6.45, 7) is -0.00173. The quantitative estimate of drug-likeness (QED) is 0.113. The maximum absolute atomic E-state index is 8.01. The van der Waals surface area contributed by atoms with Gasteiger partial charge in [-0.2, -0.15) is 0 Å². The third-order valence-corrected chi connectivity index (χ3v) is 35.0. The number of benzene rings is 22. The van der Waals surface area contributed by atoms with Gasteiger partial charge in [0.05, 0.1) is 37.8 Å². The van der Waals surface area contributed by atoms with Crippen LogP contribution < -0.4 is 36.0 Å². The van der Waals surface area contributed by atoms with Gasteiger partial charge in [0.2, 0.25) is 0 Å². The molecule has 149 heavy (non-hydrogen) atoms. The van der Waals surface area contributed by atoms with Crippen LogP contribution in [0, 0.1) is 0 Å². The lowest BCUT2D eigenvalue weighted by Crippen LogP contribution is -2.61. The van der Waals surface area contributed by atoms with Crippen molar-refractivity contribution in [1.29, 1.82) is 0 Å². The van der Waals surface area contributed by atoms with Gasteiger partial charge in [0.1, 0.15) is 0 Å². The predicted molar refractivity (Wildman–Crippen MR) is 619 cm³/mol. The Balaban J connectivity index is 0.000000136. The second kappa shape index (κ2) is 34.3. The van der Waals surface area contributed by atoms with E-state index >= 15 is 0 Å². The molecule has 0 unspecified atom stereocenters. The Morgan fingerprint density at radius 3 is 0.698 bits per heavy atom. The molecule has 0 atom stereocenters. The lowest BCUT2D eigenvalue weighted by molar-refractivity contribution is 0.756. The molecule has 0 amide bonds. The molecular weight excluding hydrogens is 1870 g/mol. The van der Waals surface area contributed by atoms with Crippen molar-refractivity contribution in [2.24, 2.45) is 0 Å². The summed E-state index contributed by atoms with van der Waals surface area (Å²) in [5.74, 6) is 1.32. The van der Waals surface area contributed by atoms with Crippen molar-refractivity contribution >= 4 is 126 Å². The minimum Gasteiger partial charge on any atom is -0.311 e. The monoisotopic (exact) mass is 1960 g/mol. The van der Waals surface area contributed by atoms with Crippen molar-refractivity contribution in [2.45, 2.75) is 54.8 Å². The summed E-state index contributed by atoms with van der Waals surface area (Å²) in [7, 11) is 0. The van der Waals surface area contributed by atoms with Gasteiger partial charge in [-0.25, -0.2) is 0 Å². The van der Waals surface area contributed by atoms with Gasteiger partial charge in [0.15, 0.2) is 0 Å². The van der Waals surface area contributed by atoms with Gasteiger partial charge in [-0.15, -0.1) is 0 Å². The average molecular weight is 1960 g/mol. The Bertz CT molecular complexity index is 8630. The first kappa shape index (κ1) is 87.4. The van der Waals surface area contributed by atoms with Crippen LogP contribution in [0.2, 0.25) is 15.1 Å². The van der Waals surface area contributed by atoms with Crippen molar-refractivity contribution < 1.29 is 0 Å². The molecule has 22 aromatic carbocycles. The van der Waals surface area contributed by atoms with E-state index in [4.69, 9.17) is 34.8 Å². The zero-order valence-corrected chi connectivity index (χ0v) is 82.7. The van der Waals surface area contributed by atoms with Crippen LogP contribution in [0.3, 0.4) is 0 Å². The van der Waals surface area contributed by atoms with E-state index in [0.29, 0.717) is 15.1 Å². The third kappa shape index (κ3) is 12.9. The van der Waals surface area contributed by atoms with E-state index in [1.807, 2.05) is 24.3 Å². The van der Waals surface area contributed by atoms with Gasteiger partial charge in [-0.1, -0.05) is 430 Å². The molecule has 14 aliphatic rings. The van der Waals surface area contributed by atoms with Crippen LogP contribution in [-0.2, 0) is 0 Å². The van der Waals surface area contributed by atoms with E-state index in [1.165, 1.54) is 206 Å². The number of halogens is 3. The van der Waals surface area contributed by atoms with E-state index in [1.54, 1.807) is 0 Å². The standard InChI is InChI=1S/C70H45BN2.C70H45Cl3N2.CH4/c1-3-18-44(19-4-1)72-60-34-17-35-61-70(60)71(58-38-36-42(40-62(58)72)46-30-15-32-56-64-48-22-7-11-26-52(48)68(66(46)56)53-27-12-8-23-49(53)64)59-39-37-43(41-63(59)73(61)45-20-5-2-6-21-45)47-31-16-33-57-65-50-24-9-13-28-54(50)69(67(47)57)55-29-14-10-25-51(55)65;71-58-38-36-42(46-30-15-32-56-64-48-22-7-11-26-52(48)68(66(46)56)53-27-12-8-23-49(53)64)40-62(58)74(44-18-3-1-4-19-44)60-34-17-35-61(70(60)73)75(45-20-5-2-6-21-45)63-41-43(37-39-59(63)72)47-31-16-33-57-65-50-24-9-13-28-54(50)69(67(47)57)55-29-14-10-25-51(55)65;/h1-41,64-65,68-69H;1-41,64-65,68-69H;1H4. The van der Waals surface area contributed by atoms with E-state index in [2.05, 4.69) is 493 Å². The van der Waals surface area contributed by atoms with E-state index in [0.717, 1.165) is 56.6 Å². The Morgan fingerprint density at radius 1 is 0.188 bits per heavy atom. The maximum atomic E-state index is 8.01. The third-order valence-electron chi connectivity index (χ3n) is 34.0. The molecule has 22 aromatic rings. The number of para-hydroxylation sites is 4. The lowest BCUT2D eigenvalue weighted by Gasteiger charge is -2.45. The minimum absolute atomic E-state index is 0. The van der Waals surface area contributed by atoms with Crippen molar-refractivity contribution in [3.8, 4) is 44.5 Å². The molecule has 0 radical (unpaired) electrons. The molecule has 8 bridgehead atoms. The topological polar surface area (TPSA) is 13.0 Å². The van der Waals surface area contributed by atoms with Crippen molar-refractivity contribution in [2.75, 3.05) is 19.6 Å². The van der Waals surface area contributed by atoms with Crippen molar-refractivity contribution in [3.05, 3.63) is 646 Å². The second-order valence-corrected chi connectivity index (χ2v) is 42.2. The van der Waals surface area contributed by atoms with E-state index in [9.17, 15) is 0 Å². The molecule has 0 N–H and O–H groups in total. The molecule has 0 saturated heterocycles. The zero-order valence-electron chi connectivity index (χ0n) is 80.5. The highest BCUT2D eigenvalue weighted by atomic mass is 35.5. The number of fused-ring (bicyclic) bond motifs is 4. The fourth-order valence-corrected chi connectivity index (χ4v) is 29.1. The number of rotatable bonds is 12. The first-order chi connectivity index (χ1) is 73.3. The predicted octanol–water partition coefficient (Wildman–Crippen LogP) is 35.6. The molecule has 0 saturated carbocycles. The molecular formula is C141H94BCl3N4. The molecule has 0 aromatic heterocycles. The lowest BCUT2D eigenvalue weighted by atomic mass is 9.33. The smallest absolute Gasteiger partial charge is 0.252 e. The summed E-state index contributed by atoms with van der Waals surface area (Å²) < 4.78 is 0. The summed E-state index contributed by atoms with van der Waals surface area (Å²) in [5.41, 5.74) is 59.8. The highest BCUT2D eigenvalue weighted by Gasteiger charge is 2.50. The van der Waals surface area contributed by atoms with Gasteiger partial charge in [0.25, 0.3) is 6.71 Å². The van der Waals surface area contributed by atoms with Crippen LogP contribution in [0.5, 0.6) is 0 Å². The Hall–Kier alpha value is -17.0. The van der Waals surface area contributed by atoms with E-state index < -0.39 is 0 Å². The molecule has 8 heteroatoms. The summed E-state index contributed by atoms with van der Waals surface area (Å²) in [6, 6.07) is 184. The van der Waals surface area contributed by atoms with Crippen LogP contribution in [0.25, 0.3) is 44.5 Å². The van der Waals surface area contributed by atoms with Crippen LogP contribution >= 0.6 is 34.8 Å². The van der Waals surface area contributed by atoms with Gasteiger partial charge >= 0.3 is 0 Å². The molecule has 36 rings (SSSR count). The molecule has 2 heterocycles. The van der Waals surface area contributed by atoms with Crippen LogP contribution in [0.4, 0.5) is 68.2 Å². The fraction of sp³-hybridized carbons (Fsp3) is 0.0638. The average Bonchev–Trinajstić information content (AvgIpc) is 0.697. The normalized spacial score (nSPS) is 17.3. The van der Waals surface area contributed by atoms with Crippen LogP contribution in [0.15, 0.2) is 497 Å². The van der Waals surface area contributed by atoms with Crippen molar-refractivity contribution in [1.82, 2.24) is 0 Å². The van der Waals surface area contributed by atoms with Crippen LogP contribution in [-0.4, -0.2) is 6.71 Å². The van der Waals surface area contributed by atoms with E-state index in [-0.39, 0.29) is 61.5 Å². The molecule has 0 spiro atoms. The van der Waals surface area contributed by atoms with Crippen LogP contribution in [0.1, 0.15) is 188 Å². The van der Waals surface area contributed by atoms with Gasteiger partial charge < -0.3 is 19.6 Å². The Kier molecular flexibility index (Phi) is 20.1. The molecule has 0 fully saturated rings. The first-order valence-corrected chi connectivity index (χ1v) is 52.9. The minimum atomic E-state index is -0.00173. The highest BCUT2D eigenvalue weighted by Crippen LogP contribution is 2.65. The SMILES string of the molecule is C.Clc1ccc(-c2cccc3c2C2c4ccccc4C3c3ccccc32)cc1N(c1ccccc1)c1cccc(N(c2ccccc2)c2cc(-c3cccc4c3C3c5ccccc5C4c4ccccc43)ccc2Cl)c1Cl.c1ccc(N2c3cc(-c4cccc5c4C4c6ccccc6C5c5ccccc54)ccc3B3c4ccc(-c5cccc6c5C5c7ccccc7C6c6ccccc65)cc4N(c4ccccc4)c4cccc2c43)cc1. The largest absolute Gasteiger partial charge is 0.311 e. The van der Waals surface area contributed by atoms with Gasteiger partial charge in [0, 0.05) is 92.8 Å². The molecule has 2 aliphatic heterocycles. The highest BCUT2D eigenvalue weighted by molar-refractivity contribution is 7.00. The molecule has 702 valence electrons. The first-order valence-electron chi connectivity index (χ1n) is 51.7. The summed E-state index contributed by atoms with van der Waals surface area (Å²) in [6.07, 6.45) is 0. The van der Waals surface area contributed by atoms with Gasteiger partial charge in [-0.3, -0.25) is 0 Å².